The van der Waals surface area contributed by atoms with E-state index in [4.69, 9.17) is 15.0 Å². The van der Waals surface area contributed by atoms with Crippen molar-refractivity contribution in [1.29, 1.82) is 0 Å². The lowest BCUT2D eigenvalue weighted by Gasteiger charge is -2.23. The number of pyridine rings is 1. The average Bonchev–Trinajstić information content (AvgIpc) is 3.83. The maximum Gasteiger partial charge on any atom is 0.235 e. The summed E-state index contributed by atoms with van der Waals surface area (Å²) in [6.45, 7) is 4.74. The van der Waals surface area contributed by atoms with Gasteiger partial charge in [0.15, 0.2) is 0 Å². The number of aromatic nitrogens is 5. The normalized spacial score (nSPS) is 13.6. The van der Waals surface area contributed by atoms with Gasteiger partial charge in [0.2, 0.25) is 5.95 Å². The number of hydrogen-bond donors (Lipinski definition) is 0. The third kappa shape index (κ3) is 3.73. The van der Waals surface area contributed by atoms with Crippen LogP contribution in [0.5, 0.6) is 0 Å². The smallest absolute Gasteiger partial charge is 0.235 e. The molecule has 53 heavy (non-hydrogen) atoms. The zero-order valence-corrected chi connectivity index (χ0v) is 29.2. The topological polar surface area (TPSA) is 48.0 Å². The van der Waals surface area contributed by atoms with Crippen LogP contribution in [0, 0.1) is 0 Å². The van der Waals surface area contributed by atoms with E-state index in [0.29, 0.717) is 5.95 Å². The van der Waals surface area contributed by atoms with Crippen LogP contribution < -0.4 is 0 Å². The Labute approximate surface area is 304 Å². The molecule has 5 heteroatoms. The summed E-state index contributed by atoms with van der Waals surface area (Å²) in [5.41, 5.74) is 14.0. The highest BCUT2D eigenvalue weighted by molar-refractivity contribution is 6.17. The summed E-state index contributed by atoms with van der Waals surface area (Å²) in [6, 6.07) is 54.3. The molecule has 12 rings (SSSR count). The van der Waals surface area contributed by atoms with Gasteiger partial charge in [-0.2, -0.15) is 0 Å². The summed E-state index contributed by atoms with van der Waals surface area (Å²) >= 11 is 0. The zero-order valence-electron chi connectivity index (χ0n) is 29.2. The van der Waals surface area contributed by atoms with E-state index < -0.39 is 0 Å². The molecule has 0 radical (unpaired) electrons. The number of benzene rings is 7. The Morgan fingerprint density at radius 3 is 2.06 bits per heavy atom. The number of hydrogen-bond acceptors (Lipinski definition) is 3. The molecular formula is C48H31N5. The van der Waals surface area contributed by atoms with Gasteiger partial charge in [-0.25, -0.2) is 15.0 Å². The first kappa shape index (κ1) is 28.8. The van der Waals surface area contributed by atoms with E-state index in [2.05, 4.69) is 168 Å². The van der Waals surface area contributed by atoms with Gasteiger partial charge in [0.1, 0.15) is 5.65 Å². The van der Waals surface area contributed by atoms with E-state index in [0.717, 1.165) is 60.8 Å². The second kappa shape index (κ2) is 10.1. The highest BCUT2D eigenvalue weighted by Gasteiger charge is 2.38. The Bertz CT molecular complexity index is 3370. The lowest BCUT2D eigenvalue weighted by molar-refractivity contribution is 0.667. The van der Waals surface area contributed by atoms with Crippen LogP contribution in [-0.2, 0) is 5.41 Å². The largest absolute Gasteiger partial charge is 0.292 e. The first-order chi connectivity index (χ1) is 26.1. The molecule has 4 aromatic heterocycles. The van der Waals surface area contributed by atoms with Crippen LogP contribution in [0.4, 0.5) is 0 Å². The number of fused-ring (bicyclic) bond motifs is 16. The maximum atomic E-state index is 5.56. The van der Waals surface area contributed by atoms with Crippen molar-refractivity contribution in [2.24, 2.45) is 0 Å². The van der Waals surface area contributed by atoms with Crippen molar-refractivity contribution >= 4 is 71.1 Å². The molecule has 5 nitrogen and oxygen atoms in total. The summed E-state index contributed by atoms with van der Waals surface area (Å²) < 4.78 is 4.56. The summed E-state index contributed by atoms with van der Waals surface area (Å²) in [5.74, 6) is 0.645. The third-order valence-electron chi connectivity index (χ3n) is 11.7. The molecule has 0 bridgehead atoms. The molecule has 1 aliphatic carbocycles. The van der Waals surface area contributed by atoms with Crippen molar-refractivity contribution in [3.63, 3.8) is 0 Å². The Balaban J connectivity index is 1.23. The van der Waals surface area contributed by atoms with Gasteiger partial charge in [-0.1, -0.05) is 129 Å². The standard InChI is InChI=1S/C48H31N5/c1-48(2)36-27-41-35(26-34(36)32-25-24-28-14-6-7-17-30(28)43(32)48)31-18-8-11-21-38(31)53(41)47-50-44(29-15-4-3-5-16-29)42-45(51-47)33-19-9-12-22-39(33)52-40-23-13-10-20-37(40)49-46(42)52/h3-27H,1-2H3. The van der Waals surface area contributed by atoms with Crippen molar-refractivity contribution in [3.05, 3.63) is 163 Å². The Morgan fingerprint density at radius 2 is 1.21 bits per heavy atom. The summed E-state index contributed by atoms with van der Waals surface area (Å²) in [6.07, 6.45) is 0. The Morgan fingerprint density at radius 1 is 0.509 bits per heavy atom. The Kier molecular flexibility index (Phi) is 5.51. The minimum absolute atomic E-state index is 0.203. The zero-order chi connectivity index (χ0) is 35.0. The fraction of sp³-hybridized carbons (Fsp3) is 0.0625. The van der Waals surface area contributed by atoms with Crippen molar-refractivity contribution in [1.82, 2.24) is 23.9 Å². The second-order valence-electron chi connectivity index (χ2n) is 14.8. The third-order valence-corrected chi connectivity index (χ3v) is 11.7. The highest BCUT2D eigenvalue weighted by Crippen LogP contribution is 2.53. The first-order valence-electron chi connectivity index (χ1n) is 18.2. The molecule has 0 N–H and O–H groups in total. The van der Waals surface area contributed by atoms with E-state index in [1.165, 1.54) is 43.8 Å². The van der Waals surface area contributed by atoms with Gasteiger partial charge in [-0.3, -0.25) is 8.97 Å². The number of rotatable bonds is 2. The summed E-state index contributed by atoms with van der Waals surface area (Å²) in [5, 5.41) is 6.97. The van der Waals surface area contributed by atoms with Crippen molar-refractivity contribution in [2.75, 3.05) is 0 Å². The second-order valence-corrected chi connectivity index (χ2v) is 14.8. The molecule has 11 aromatic rings. The molecule has 0 spiro atoms. The molecular weight excluding hydrogens is 647 g/mol. The van der Waals surface area contributed by atoms with E-state index in [9.17, 15) is 0 Å². The van der Waals surface area contributed by atoms with Gasteiger partial charge in [0.05, 0.1) is 44.2 Å². The monoisotopic (exact) mass is 677 g/mol. The van der Waals surface area contributed by atoms with Gasteiger partial charge < -0.3 is 0 Å². The molecule has 4 heterocycles. The van der Waals surface area contributed by atoms with Crippen LogP contribution in [0.25, 0.3) is 99.4 Å². The van der Waals surface area contributed by atoms with E-state index in [1.54, 1.807) is 0 Å². The molecule has 0 unspecified atom stereocenters. The molecule has 0 atom stereocenters. The first-order valence-corrected chi connectivity index (χ1v) is 18.2. The van der Waals surface area contributed by atoms with Crippen LogP contribution in [-0.4, -0.2) is 23.9 Å². The predicted molar refractivity (Wildman–Crippen MR) is 218 cm³/mol. The van der Waals surface area contributed by atoms with Gasteiger partial charge in [-0.15, -0.1) is 0 Å². The van der Waals surface area contributed by atoms with Gasteiger partial charge >= 0.3 is 0 Å². The van der Waals surface area contributed by atoms with Crippen LogP contribution in [0.1, 0.15) is 25.0 Å². The molecule has 0 fully saturated rings. The Hall–Kier alpha value is -6.85. The van der Waals surface area contributed by atoms with Crippen LogP contribution >= 0.6 is 0 Å². The number of para-hydroxylation sites is 4. The van der Waals surface area contributed by atoms with Crippen molar-refractivity contribution < 1.29 is 0 Å². The lowest BCUT2D eigenvalue weighted by atomic mass is 9.80. The fourth-order valence-electron chi connectivity index (χ4n) is 9.34. The van der Waals surface area contributed by atoms with E-state index in [-0.39, 0.29) is 5.41 Å². The SMILES string of the molecule is CC1(C)c2cc3c(cc2-c2ccc4ccccc4c21)c1ccccc1n3-c1nc(-c2ccccc2)c2c(n1)c1ccccc1n1c3ccccc3nc21. The van der Waals surface area contributed by atoms with Gasteiger partial charge in [-0.05, 0) is 69.4 Å². The van der Waals surface area contributed by atoms with Crippen LogP contribution in [0.15, 0.2) is 152 Å². The molecule has 248 valence electrons. The maximum absolute atomic E-state index is 5.56. The minimum Gasteiger partial charge on any atom is -0.292 e. The number of nitrogens with zero attached hydrogens (tertiary/aromatic N) is 5. The van der Waals surface area contributed by atoms with Crippen molar-refractivity contribution in [3.8, 4) is 28.3 Å². The van der Waals surface area contributed by atoms with Gasteiger partial charge in [0.25, 0.3) is 0 Å². The minimum atomic E-state index is -0.203. The average molecular weight is 678 g/mol. The summed E-state index contributed by atoms with van der Waals surface area (Å²) in [4.78, 5) is 16.4. The predicted octanol–water partition coefficient (Wildman–Crippen LogP) is 11.8. The quantitative estimate of drug-likeness (QED) is 0.171. The van der Waals surface area contributed by atoms with E-state index in [1.807, 2.05) is 6.07 Å². The highest BCUT2D eigenvalue weighted by atomic mass is 15.2. The lowest BCUT2D eigenvalue weighted by Crippen LogP contribution is -2.15. The molecule has 0 aliphatic heterocycles. The molecule has 0 amide bonds. The molecule has 7 aromatic carbocycles. The van der Waals surface area contributed by atoms with Crippen molar-refractivity contribution in [2.45, 2.75) is 19.3 Å². The molecule has 1 aliphatic rings. The number of imidazole rings is 1. The fourth-order valence-corrected chi connectivity index (χ4v) is 9.34. The van der Waals surface area contributed by atoms with Crippen LogP contribution in [0.2, 0.25) is 0 Å². The van der Waals surface area contributed by atoms with Gasteiger partial charge in [0, 0.05) is 27.1 Å². The molecule has 0 saturated carbocycles. The molecule has 0 saturated heterocycles. The van der Waals surface area contributed by atoms with E-state index >= 15 is 0 Å². The van der Waals surface area contributed by atoms with Crippen LogP contribution in [0.3, 0.4) is 0 Å². The summed E-state index contributed by atoms with van der Waals surface area (Å²) in [7, 11) is 0.